The number of morpholine rings is 1. The van der Waals surface area contributed by atoms with Crippen molar-refractivity contribution in [2.45, 2.75) is 39.3 Å². The lowest BCUT2D eigenvalue weighted by atomic mass is 10.1. The van der Waals surface area contributed by atoms with Crippen molar-refractivity contribution >= 4 is 40.1 Å². The van der Waals surface area contributed by atoms with E-state index in [0.717, 1.165) is 0 Å². The molecular formula is C25H25ClF2N4O3. The summed E-state index contributed by atoms with van der Waals surface area (Å²) in [5.41, 5.74) is 1.85. The number of anilines is 1. The van der Waals surface area contributed by atoms with E-state index in [4.69, 9.17) is 16.3 Å². The molecular weight excluding hydrogens is 478 g/mol. The number of carbonyl (C=O) groups is 2. The summed E-state index contributed by atoms with van der Waals surface area (Å²) in [6.45, 7) is 5.09. The minimum atomic E-state index is -0.629. The Balaban J connectivity index is 1.61. The number of amides is 2. The van der Waals surface area contributed by atoms with Gasteiger partial charge in [-0.25, -0.2) is 13.8 Å². The second-order valence-electron chi connectivity index (χ2n) is 9.03. The van der Waals surface area contributed by atoms with Crippen LogP contribution in [0, 0.1) is 18.6 Å². The molecule has 0 spiro atoms. The molecule has 2 saturated heterocycles. The third-order valence-electron chi connectivity index (χ3n) is 6.63. The molecule has 0 radical (unpaired) electrons. The van der Waals surface area contributed by atoms with E-state index in [-0.39, 0.29) is 34.8 Å². The molecule has 2 amide bonds. The number of imidazole rings is 1. The van der Waals surface area contributed by atoms with Gasteiger partial charge >= 0.3 is 0 Å². The van der Waals surface area contributed by atoms with Gasteiger partial charge in [-0.3, -0.25) is 9.59 Å². The molecule has 3 heterocycles. The zero-order chi connectivity index (χ0) is 24.9. The Morgan fingerprint density at radius 1 is 1.20 bits per heavy atom. The summed E-state index contributed by atoms with van der Waals surface area (Å²) in [4.78, 5) is 31.9. The summed E-state index contributed by atoms with van der Waals surface area (Å²) >= 11 is 6.58. The van der Waals surface area contributed by atoms with Gasteiger partial charge in [0.15, 0.2) is 0 Å². The van der Waals surface area contributed by atoms with Crippen molar-refractivity contribution in [3.63, 3.8) is 0 Å². The van der Waals surface area contributed by atoms with Crippen LogP contribution in [0.5, 0.6) is 0 Å². The quantitative estimate of drug-likeness (QED) is 0.533. The minimum absolute atomic E-state index is 0.0585. The van der Waals surface area contributed by atoms with E-state index in [1.165, 1.54) is 24.0 Å². The van der Waals surface area contributed by atoms with Crippen molar-refractivity contribution in [1.29, 1.82) is 0 Å². The van der Waals surface area contributed by atoms with Crippen molar-refractivity contribution in [2.24, 2.45) is 0 Å². The first-order valence-electron chi connectivity index (χ1n) is 11.6. The summed E-state index contributed by atoms with van der Waals surface area (Å²) in [5, 5.41) is 0.100. The highest BCUT2D eigenvalue weighted by Gasteiger charge is 2.28. The SMILES string of the molecule is CC(=O)N1CCOC(Cn2c(-c3c(F)cc(N4CCCC4=O)cc3Cl)nc3cc(C)c(F)cc32)C1. The van der Waals surface area contributed by atoms with Gasteiger partial charge in [0.1, 0.15) is 17.5 Å². The van der Waals surface area contributed by atoms with Crippen molar-refractivity contribution in [1.82, 2.24) is 14.5 Å². The fraction of sp³-hybridized carbons (Fsp3) is 0.400. The Bertz CT molecular complexity index is 1320. The van der Waals surface area contributed by atoms with Crippen LogP contribution >= 0.6 is 11.6 Å². The van der Waals surface area contributed by atoms with Crippen LogP contribution < -0.4 is 4.90 Å². The lowest BCUT2D eigenvalue weighted by Crippen LogP contribution is -2.46. The second-order valence-corrected chi connectivity index (χ2v) is 9.43. The van der Waals surface area contributed by atoms with Gasteiger partial charge in [-0.1, -0.05) is 11.6 Å². The molecule has 184 valence electrons. The number of halogens is 3. The summed E-state index contributed by atoms with van der Waals surface area (Å²) in [6, 6.07) is 5.83. The molecule has 1 unspecified atom stereocenters. The number of carbonyl (C=O) groups excluding carboxylic acids is 2. The third-order valence-corrected chi connectivity index (χ3v) is 6.93. The number of nitrogens with zero attached hydrogens (tertiary/aromatic N) is 4. The van der Waals surface area contributed by atoms with Crippen molar-refractivity contribution < 1.29 is 23.1 Å². The van der Waals surface area contributed by atoms with E-state index in [1.807, 2.05) is 0 Å². The summed E-state index contributed by atoms with van der Waals surface area (Å²) in [6.07, 6.45) is 0.732. The van der Waals surface area contributed by atoms with Crippen LogP contribution in [0.15, 0.2) is 24.3 Å². The number of rotatable bonds is 4. The van der Waals surface area contributed by atoms with Crippen molar-refractivity contribution in [2.75, 3.05) is 31.1 Å². The molecule has 0 aliphatic carbocycles. The number of ether oxygens (including phenoxy) is 1. The normalized spacial score (nSPS) is 18.7. The van der Waals surface area contributed by atoms with E-state index in [0.29, 0.717) is 61.4 Å². The number of aromatic nitrogens is 2. The minimum Gasteiger partial charge on any atom is -0.373 e. The van der Waals surface area contributed by atoms with Crippen LogP contribution in [-0.4, -0.2) is 58.6 Å². The Hall–Kier alpha value is -3.04. The lowest BCUT2D eigenvalue weighted by Gasteiger charge is -2.32. The van der Waals surface area contributed by atoms with Gasteiger partial charge in [0.25, 0.3) is 0 Å². The average Bonchev–Trinajstić information content (AvgIpc) is 3.38. The van der Waals surface area contributed by atoms with E-state index in [2.05, 4.69) is 4.98 Å². The molecule has 0 N–H and O–H groups in total. The monoisotopic (exact) mass is 502 g/mol. The van der Waals surface area contributed by atoms with Crippen molar-refractivity contribution in [3.8, 4) is 11.4 Å². The molecule has 5 rings (SSSR count). The van der Waals surface area contributed by atoms with Gasteiger partial charge in [0, 0.05) is 44.7 Å². The fourth-order valence-corrected chi connectivity index (χ4v) is 5.08. The molecule has 3 aromatic rings. The first-order chi connectivity index (χ1) is 16.7. The zero-order valence-electron chi connectivity index (χ0n) is 19.5. The van der Waals surface area contributed by atoms with E-state index in [9.17, 15) is 14.0 Å². The van der Waals surface area contributed by atoms with Crippen LogP contribution in [0.3, 0.4) is 0 Å². The average molecular weight is 503 g/mol. The zero-order valence-corrected chi connectivity index (χ0v) is 20.2. The van der Waals surface area contributed by atoms with Crippen LogP contribution in [0.25, 0.3) is 22.4 Å². The molecule has 0 bridgehead atoms. The van der Waals surface area contributed by atoms with E-state index < -0.39 is 17.7 Å². The highest BCUT2D eigenvalue weighted by atomic mass is 35.5. The highest BCUT2D eigenvalue weighted by molar-refractivity contribution is 6.33. The molecule has 1 aromatic heterocycles. The van der Waals surface area contributed by atoms with E-state index >= 15 is 4.39 Å². The predicted molar refractivity (Wildman–Crippen MR) is 128 cm³/mol. The van der Waals surface area contributed by atoms with Gasteiger partial charge in [0.2, 0.25) is 11.8 Å². The Morgan fingerprint density at radius 2 is 2.00 bits per heavy atom. The standard InChI is InChI=1S/C25H25ClF2N4O3/c1-14-8-21-22(11-19(14)27)32(13-17-12-30(15(2)33)6-7-35-17)25(29-21)24-18(26)9-16(10-20(24)28)31-5-3-4-23(31)34/h8-11,17H,3-7,12-13H2,1-2H3. The van der Waals surface area contributed by atoms with Crippen LogP contribution in [0.1, 0.15) is 25.3 Å². The smallest absolute Gasteiger partial charge is 0.227 e. The summed E-state index contributed by atoms with van der Waals surface area (Å²) in [5.74, 6) is -0.937. The number of hydrogen-bond donors (Lipinski definition) is 0. The van der Waals surface area contributed by atoms with Gasteiger partial charge in [-0.05, 0) is 37.1 Å². The predicted octanol–water partition coefficient (Wildman–Crippen LogP) is 4.32. The fourth-order valence-electron chi connectivity index (χ4n) is 4.80. The van der Waals surface area contributed by atoms with Gasteiger partial charge in [-0.15, -0.1) is 0 Å². The maximum absolute atomic E-state index is 15.6. The lowest BCUT2D eigenvalue weighted by molar-refractivity contribution is -0.136. The van der Waals surface area contributed by atoms with Gasteiger partial charge in [0.05, 0.1) is 40.9 Å². The van der Waals surface area contributed by atoms with E-state index in [1.54, 1.807) is 28.5 Å². The first kappa shape index (κ1) is 23.7. The summed E-state index contributed by atoms with van der Waals surface area (Å²) in [7, 11) is 0. The molecule has 10 heteroatoms. The number of aryl methyl sites for hydroxylation is 1. The molecule has 35 heavy (non-hydrogen) atoms. The molecule has 2 aliphatic heterocycles. The Kier molecular flexibility index (Phi) is 6.23. The molecule has 7 nitrogen and oxygen atoms in total. The third kappa shape index (κ3) is 4.38. The maximum Gasteiger partial charge on any atom is 0.227 e. The highest BCUT2D eigenvalue weighted by Crippen LogP contribution is 2.37. The molecule has 2 fully saturated rings. The first-order valence-corrected chi connectivity index (χ1v) is 11.9. The van der Waals surface area contributed by atoms with Crippen LogP contribution in [0.4, 0.5) is 14.5 Å². The number of hydrogen-bond acceptors (Lipinski definition) is 4. The van der Waals surface area contributed by atoms with Crippen molar-refractivity contribution in [3.05, 3.63) is 46.5 Å². The maximum atomic E-state index is 15.6. The Labute approximate surface area is 206 Å². The van der Waals surface area contributed by atoms with Gasteiger partial charge in [-0.2, -0.15) is 0 Å². The van der Waals surface area contributed by atoms with Gasteiger partial charge < -0.3 is 19.1 Å². The van der Waals surface area contributed by atoms with Crippen LogP contribution in [0.2, 0.25) is 5.02 Å². The molecule has 2 aliphatic rings. The molecule has 1 atom stereocenters. The molecule has 2 aromatic carbocycles. The Morgan fingerprint density at radius 3 is 2.69 bits per heavy atom. The topological polar surface area (TPSA) is 67.7 Å². The van der Waals surface area contributed by atoms with Crippen LogP contribution in [-0.2, 0) is 20.9 Å². The number of benzene rings is 2. The molecule has 0 saturated carbocycles. The second kappa shape index (κ2) is 9.20. The number of fused-ring (bicyclic) bond motifs is 1. The largest absolute Gasteiger partial charge is 0.373 e. The summed E-state index contributed by atoms with van der Waals surface area (Å²) < 4.78 is 37.7.